The van der Waals surface area contributed by atoms with Gasteiger partial charge in [-0.2, -0.15) is 33.7 Å². The zero-order valence-corrected chi connectivity index (χ0v) is 39.9. The molecule has 0 aliphatic carbocycles. The van der Waals surface area contributed by atoms with Gasteiger partial charge in [0.15, 0.2) is 44.4 Å². The van der Waals surface area contributed by atoms with Crippen LogP contribution in [-0.2, 0) is 76.0 Å². The molecule has 34 heteroatoms. The first-order valence-corrected chi connectivity index (χ1v) is 28.1. The number of carbonyl (C=O) groups is 2. The number of nitrogens with one attached hydrogen (secondary N) is 1. The predicted octanol–water partition coefficient (Wildman–Crippen LogP) is 1.78. The summed E-state index contributed by atoms with van der Waals surface area (Å²) < 4.78 is 191. The summed E-state index contributed by atoms with van der Waals surface area (Å²) in [5, 5.41) is 38.7. The predicted molar refractivity (Wildman–Crippen MR) is 238 cm³/mol. The maximum absolute atomic E-state index is 12.8. The third-order valence-corrected chi connectivity index (χ3v) is 15.8. The number of hydrogen-bond acceptors (Lipinski definition) is 22. The molecule has 0 spiro atoms. The van der Waals surface area contributed by atoms with Crippen LogP contribution in [0.2, 0.25) is 0 Å². The van der Waals surface area contributed by atoms with E-state index in [2.05, 4.69) is 30.0 Å². The largest absolute Gasteiger partial charge is 0.545 e. The Bertz CT molecular complexity index is 3700. The van der Waals surface area contributed by atoms with Crippen molar-refractivity contribution in [2.75, 3.05) is 34.9 Å². The third-order valence-electron chi connectivity index (χ3n) is 9.32. The molecule has 0 atom stereocenters. The highest BCUT2D eigenvalue weighted by atomic mass is 32.3. The summed E-state index contributed by atoms with van der Waals surface area (Å²) in [5.74, 6) is -5.33. The monoisotopic (exact) mass is 1090 g/mol. The highest BCUT2D eigenvalue weighted by Gasteiger charge is 2.27. The van der Waals surface area contributed by atoms with Gasteiger partial charge in [0.25, 0.3) is 30.4 Å². The van der Waals surface area contributed by atoms with Gasteiger partial charge in [-0.3, -0.25) is 23.0 Å². The molecule has 8 N–H and O–H groups in total. The Hall–Kier alpha value is -6.47. The number of aryl methyl sites for hydroxylation is 1. The number of carbonyl (C=O) groups excluding carboxylic acids is 2. The number of carboxylic acid groups (broad SMARTS) is 1. The van der Waals surface area contributed by atoms with Crippen molar-refractivity contribution in [3.63, 3.8) is 0 Å². The minimum atomic E-state index is -5.46. The summed E-state index contributed by atoms with van der Waals surface area (Å²) in [4.78, 5) is 19.7. The second-order valence-corrected chi connectivity index (χ2v) is 24.0. The van der Waals surface area contributed by atoms with Gasteiger partial charge in [-0.05, 0) is 67.1 Å². The lowest BCUT2D eigenvalue weighted by atomic mass is 10.1. The number of hydrogen-bond donors (Lipinski definition) is 7. The van der Waals surface area contributed by atoms with Crippen LogP contribution in [0.15, 0.2) is 119 Å². The zero-order chi connectivity index (χ0) is 52.2. The Morgan fingerprint density at radius 1 is 0.686 bits per heavy atom. The summed E-state index contributed by atoms with van der Waals surface area (Å²) in [6, 6.07) is 9.91. The van der Waals surface area contributed by atoms with Crippen molar-refractivity contribution in [1.82, 2.24) is 0 Å². The van der Waals surface area contributed by atoms with E-state index in [1.54, 1.807) is 0 Å². The number of sulfone groups is 2. The summed E-state index contributed by atoms with van der Waals surface area (Å²) >= 11 is 0. The van der Waals surface area contributed by atoms with E-state index in [1.165, 1.54) is 29.1 Å². The van der Waals surface area contributed by atoms with Crippen molar-refractivity contribution in [2.24, 2.45) is 20.5 Å². The van der Waals surface area contributed by atoms with Crippen molar-refractivity contribution in [3.8, 4) is 5.75 Å². The van der Waals surface area contributed by atoms with Crippen molar-refractivity contribution < 1.29 is 97.3 Å². The number of amides is 1. The molecule has 28 nitrogen and oxygen atoms in total. The number of phenolic OH excluding ortho intramolecular Hbond substituents is 1. The normalized spacial score (nSPS) is 13.0. The van der Waals surface area contributed by atoms with E-state index >= 15 is 0 Å². The lowest BCUT2D eigenvalue weighted by Gasteiger charge is -2.12. The van der Waals surface area contributed by atoms with Gasteiger partial charge in [0.05, 0.1) is 40.2 Å². The fourth-order valence-corrected chi connectivity index (χ4v) is 10.8. The van der Waals surface area contributed by atoms with E-state index in [-0.39, 0.29) is 35.3 Å². The molecule has 1 aromatic heterocycles. The Kier molecular flexibility index (Phi) is 16.2. The highest BCUT2D eigenvalue weighted by Crippen LogP contribution is 2.46. The molecule has 0 saturated heterocycles. The van der Waals surface area contributed by atoms with Crippen LogP contribution in [0.4, 0.5) is 34.1 Å². The van der Waals surface area contributed by atoms with Crippen molar-refractivity contribution in [2.45, 2.75) is 39.0 Å². The molecular formula is C36H35N7O21S6. The van der Waals surface area contributed by atoms with Crippen LogP contribution in [0.3, 0.4) is 0 Å². The number of aromatic nitrogens is 1. The number of pyridine rings is 1. The van der Waals surface area contributed by atoms with Crippen LogP contribution in [0.5, 0.6) is 5.75 Å². The highest BCUT2D eigenvalue weighted by molar-refractivity contribution is 7.91. The minimum absolute atomic E-state index is 0.108. The summed E-state index contributed by atoms with van der Waals surface area (Å²) in [7, 11) is -29.3. The van der Waals surface area contributed by atoms with Crippen LogP contribution in [0.1, 0.15) is 23.2 Å². The number of fused-ring (bicyclic) bond motifs is 1. The number of rotatable bonds is 21. The Balaban J connectivity index is 1.44. The summed E-state index contributed by atoms with van der Waals surface area (Å²) in [6.07, 6.45) is 2.04. The second-order valence-electron chi connectivity index (χ2n) is 14.3. The van der Waals surface area contributed by atoms with Gasteiger partial charge < -0.3 is 26.1 Å². The third kappa shape index (κ3) is 14.3. The van der Waals surface area contributed by atoms with Gasteiger partial charge >= 0.3 is 10.4 Å². The van der Waals surface area contributed by atoms with Gasteiger partial charge in [-0.1, -0.05) is 0 Å². The van der Waals surface area contributed by atoms with Gasteiger partial charge in [-0.25, -0.2) is 25.6 Å². The maximum atomic E-state index is 12.8. The van der Waals surface area contributed by atoms with Crippen molar-refractivity contribution >= 4 is 117 Å². The molecule has 376 valence electrons. The molecular weight excluding hydrogens is 1060 g/mol. The van der Waals surface area contributed by atoms with Crippen LogP contribution in [0, 0.1) is 0 Å². The van der Waals surface area contributed by atoms with Crippen molar-refractivity contribution in [3.05, 3.63) is 84.7 Å². The van der Waals surface area contributed by atoms with E-state index in [9.17, 15) is 84.0 Å². The van der Waals surface area contributed by atoms with E-state index in [0.29, 0.717) is 12.1 Å². The topological polar surface area (TPSA) is 464 Å². The lowest BCUT2D eigenvalue weighted by Crippen LogP contribution is -2.39. The molecule has 0 aliphatic heterocycles. The number of nitrogens with two attached hydrogens (primary N) is 1. The quantitative estimate of drug-likeness (QED) is 0.0238. The number of phenols is 1. The molecule has 4 aromatic carbocycles. The van der Waals surface area contributed by atoms with Gasteiger partial charge in [0.1, 0.15) is 43.2 Å². The number of anilines is 2. The first kappa shape index (κ1) is 54.5. The Morgan fingerprint density at radius 3 is 1.96 bits per heavy atom. The molecule has 5 rings (SSSR count). The summed E-state index contributed by atoms with van der Waals surface area (Å²) in [5.41, 5.74) is 2.17. The average Bonchev–Trinajstić information content (AvgIpc) is 3.23. The molecule has 1 amide bonds. The molecule has 0 unspecified atom stereocenters. The zero-order valence-electron chi connectivity index (χ0n) is 35.0. The van der Waals surface area contributed by atoms with Crippen LogP contribution >= 0.6 is 0 Å². The van der Waals surface area contributed by atoms with Crippen molar-refractivity contribution in [1.29, 1.82) is 0 Å². The van der Waals surface area contributed by atoms with Gasteiger partial charge in [-0.15, -0.1) is 20.5 Å². The van der Waals surface area contributed by atoms with Crippen LogP contribution < -0.4 is 20.7 Å². The second kappa shape index (κ2) is 20.9. The minimum Gasteiger partial charge on any atom is -0.545 e. The van der Waals surface area contributed by atoms with E-state index in [1.807, 2.05) is 0 Å². The standard InChI is InChI=1S/C36H35N7O21S6/c37-26-8-7-24-25(33(26)41-39-27-9-6-23(18-30(27)68(55,56)57)66(50,51)16-13-64-70(61,62)63)19-31(69(58,59)60)34(35(24)45)42-40-28-17-22(5-10-29(28)67(52,53)54)38-32(44)4-2-14-65(48,49)15-12-43-11-1-3-21(20-43)36(46)47/h1,3,5-11,17-20H,2,4,12-16H2,(H8-,37,38,39,40,44,45,46,47,52,53,54,55,56,57,58,59,60,61,62,63). The molecule has 0 radical (unpaired) electrons. The number of azo groups is 2. The van der Waals surface area contributed by atoms with Gasteiger partial charge in [0.2, 0.25) is 5.91 Å². The lowest BCUT2D eigenvalue weighted by molar-refractivity contribution is -0.692. The van der Waals surface area contributed by atoms with Gasteiger partial charge in [0, 0.05) is 28.9 Å². The fourth-order valence-electron chi connectivity index (χ4n) is 6.07. The smallest absolute Gasteiger partial charge is 0.397 e. The first-order chi connectivity index (χ1) is 32.3. The molecule has 0 bridgehead atoms. The maximum Gasteiger partial charge on any atom is 0.397 e. The number of nitrogens with zero attached hydrogens (tertiary/aromatic N) is 5. The Labute approximate surface area is 397 Å². The molecule has 0 saturated carbocycles. The average molecular weight is 1090 g/mol. The summed E-state index contributed by atoms with van der Waals surface area (Å²) in [6.45, 7) is -1.20. The molecule has 5 aromatic rings. The fraction of sp³-hybridized carbons (Fsp3) is 0.194. The number of aromatic hydroxyl groups is 1. The van der Waals surface area contributed by atoms with E-state index < -0.39 is 156 Å². The van der Waals surface area contributed by atoms with E-state index in [0.717, 1.165) is 42.5 Å². The first-order valence-electron chi connectivity index (χ1n) is 18.9. The SMILES string of the molecule is Nc1ccc2c(O)c(N=Nc3cc(NC(=O)CCCS(=O)(=O)CC[n+]4cccc(C(=O)[O-])c4)ccc3S(=O)(=O)O)c(S(=O)(=O)O)cc2c1N=Nc1ccc(S(=O)(=O)CCOS(=O)(=O)O)cc1S(=O)(=O)O. The van der Waals surface area contributed by atoms with E-state index in [4.69, 9.17) is 10.3 Å². The molecule has 0 aliphatic rings. The van der Waals surface area contributed by atoms with Crippen LogP contribution in [-0.4, -0.2) is 110 Å². The van der Waals surface area contributed by atoms with Crippen LogP contribution in [0.25, 0.3) is 10.8 Å². The molecule has 0 fully saturated rings. The molecule has 70 heavy (non-hydrogen) atoms. The number of nitrogen functional groups attached to an aromatic ring is 1. The number of carboxylic acids is 1. The number of benzene rings is 4. The molecule has 1 heterocycles. The number of aromatic carboxylic acids is 1. The Morgan fingerprint density at radius 2 is 1.33 bits per heavy atom.